The molecule has 1 aliphatic heterocycles. The zero-order valence-electron chi connectivity index (χ0n) is 12.5. The Morgan fingerprint density at radius 1 is 1.18 bits per heavy atom. The molecule has 116 valence electrons. The summed E-state index contributed by atoms with van der Waals surface area (Å²) in [5.74, 6) is -1.08. The number of piperazine rings is 1. The lowest BCUT2D eigenvalue weighted by atomic mass is 9.97. The average Bonchev–Trinajstić information content (AvgIpc) is 2.52. The summed E-state index contributed by atoms with van der Waals surface area (Å²) >= 11 is 0. The van der Waals surface area contributed by atoms with Gasteiger partial charge in [0.25, 0.3) is 0 Å². The maximum Gasteiger partial charge on any atom is 0.131 e. The molecule has 1 saturated heterocycles. The van der Waals surface area contributed by atoms with Crippen LogP contribution in [-0.2, 0) is 0 Å². The van der Waals surface area contributed by atoms with Crippen molar-refractivity contribution in [3.05, 3.63) is 65.0 Å². The number of hydrogen-bond acceptors (Lipinski definition) is 3. The molecule has 1 aromatic carbocycles. The van der Waals surface area contributed by atoms with Crippen molar-refractivity contribution in [1.29, 1.82) is 0 Å². The Kier molecular flexibility index (Phi) is 4.45. The minimum atomic E-state index is -0.557. The average molecular weight is 303 g/mol. The van der Waals surface area contributed by atoms with E-state index >= 15 is 0 Å². The summed E-state index contributed by atoms with van der Waals surface area (Å²) < 4.78 is 27.6. The van der Waals surface area contributed by atoms with E-state index < -0.39 is 11.6 Å². The summed E-state index contributed by atoms with van der Waals surface area (Å²) in [4.78, 5) is 6.67. The Morgan fingerprint density at radius 2 is 1.95 bits per heavy atom. The van der Waals surface area contributed by atoms with Crippen LogP contribution in [0.1, 0.15) is 22.9 Å². The highest BCUT2D eigenvalue weighted by atomic mass is 19.1. The smallest absolute Gasteiger partial charge is 0.131 e. The first kappa shape index (κ1) is 15.1. The van der Waals surface area contributed by atoms with Gasteiger partial charge in [-0.25, -0.2) is 8.78 Å². The molecule has 1 atom stereocenters. The molecule has 1 aliphatic rings. The van der Waals surface area contributed by atoms with E-state index in [0.717, 1.165) is 43.5 Å². The fourth-order valence-corrected chi connectivity index (χ4v) is 2.96. The second-order valence-electron chi connectivity index (χ2n) is 5.56. The maximum absolute atomic E-state index is 14.4. The molecule has 0 amide bonds. The fraction of sp³-hybridized carbons (Fsp3) is 0.353. The molecule has 3 rings (SSSR count). The van der Waals surface area contributed by atoms with Gasteiger partial charge in [-0.15, -0.1) is 0 Å². The molecule has 0 saturated carbocycles. The Morgan fingerprint density at radius 3 is 2.64 bits per heavy atom. The number of aryl methyl sites for hydroxylation is 1. The zero-order valence-corrected chi connectivity index (χ0v) is 12.5. The van der Waals surface area contributed by atoms with E-state index in [1.165, 1.54) is 12.1 Å². The molecule has 3 nitrogen and oxygen atoms in total. The number of nitrogens with zero attached hydrogens (tertiary/aromatic N) is 2. The topological polar surface area (TPSA) is 28.2 Å². The van der Waals surface area contributed by atoms with Gasteiger partial charge in [-0.2, -0.15) is 0 Å². The highest BCUT2D eigenvalue weighted by Crippen LogP contribution is 2.31. The number of pyridine rings is 1. The summed E-state index contributed by atoms with van der Waals surface area (Å²) in [6.07, 6.45) is 1.72. The number of benzene rings is 1. The van der Waals surface area contributed by atoms with Crippen LogP contribution in [-0.4, -0.2) is 36.1 Å². The third-order valence-corrected chi connectivity index (χ3v) is 4.08. The van der Waals surface area contributed by atoms with Crippen molar-refractivity contribution in [2.75, 3.05) is 26.2 Å². The Labute approximate surface area is 129 Å². The van der Waals surface area contributed by atoms with E-state index in [0.29, 0.717) is 5.56 Å². The first-order valence-corrected chi connectivity index (χ1v) is 7.48. The van der Waals surface area contributed by atoms with Crippen molar-refractivity contribution >= 4 is 0 Å². The molecule has 22 heavy (non-hydrogen) atoms. The largest absolute Gasteiger partial charge is 0.314 e. The third kappa shape index (κ3) is 3.00. The van der Waals surface area contributed by atoms with Gasteiger partial charge in [-0.05, 0) is 24.6 Å². The molecule has 0 aliphatic carbocycles. The van der Waals surface area contributed by atoms with E-state index in [2.05, 4.69) is 15.2 Å². The van der Waals surface area contributed by atoms with Crippen molar-refractivity contribution in [2.24, 2.45) is 0 Å². The molecule has 0 bridgehead atoms. The van der Waals surface area contributed by atoms with Gasteiger partial charge in [0.1, 0.15) is 11.6 Å². The SMILES string of the molecule is Cc1cccnc1C(c1ccc(F)cc1F)N1CCNCC1. The first-order chi connectivity index (χ1) is 10.7. The predicted molar refractivity (Wildman–Crippen MR) is 81.6 cm³/mol. The molecule has 1 fully saturated rings. The minimum Gasteiger partial charge on any atom is -0.314 e. The monoisotopic (exact) mass is 303 g/mol. The van der Waals surface area contributed by atoms with Crippen LogP contribution >= 0.6 is 0 Å². The Bertz CT molecular complexity index is 654. The van der Waals surface area contributed by atoms with Crippen LogP contribution in [0.3, 0.4) is 0 Å². The van der Waals surface area contributed by atoms with Gasteiger partial charge < -0.3 is 5.32 Å². The van der Waals surface area contributed by atoms with Crippen molar-refractivity contribution in [3.63, 3.8) is 0 Å². The highest BCUT2D eigenvalue weighted by Gasteiger charge is 2.28. The maximum atomic E-state index is 14.4. The summed E-state index contributed by atoms with van der Waals surface area (Å²) in [6.45, 7) is 5.28. The molecule has 0 spiro atoms. The highest BCUT2D eigenvalue weighted by molar-refractivity contribution is 5.33. The number of aromatic nitrogens is 1. The molecule has 1 N–H and O–H groups in total. The lowest BCUT2D eigenvalue weighted by Gasteiger charge is -2.35. The molecule has 1 aromatic heterocycles. The van der Waals surface area contributed by atoms with Crippen molar-refractivity contribution in [1.82, 2.24) is 15.2 Å². The number of nitrogens with one attached hydrogen (secondary N) is 1. The van der Waals surface area contributed by atoms with Gasteiger partial charge in [0.2, 0.25) is 0 Å². The summed E-state index contributed by atoms with van der Waals surface area (Å²) in [7, 11) is 0. The van der Waals surface area contributed by atoms with Gasteiger partial charge in [-0.1, -0.05) is 12.1 Å². The quantitative estimate of drug-likeness (QED) is 0.945. The second-order valence-corrected chi connectivity index (χ2v) is 5.56. The molecule has 5 heteroatoms. The lowest BCUT2D eigenvalue weighted by Crippen LogP contribution is -2.46. The Hall–Kier alpha value is -1.85. The van der Waals surface area contributed by atoms with E-state index in [4.69, 9.17) is 0 Å². The first-order valence-electron chi connectivity index (χ1n) is 7.48. The minimum absolute atomic E-state index is 0.288. The lowest BCUT2D eigenvalue weighted by molar-refractivity contribution is 0.192. The third-order valence-electron chi connectivity index (χ3n) is 4.08. The standard InChI is InChI=1S/C17H19F2N3/c1-12-3-2-6-21-16(12)17(22-9-7-20-8-10-22)14-5-4-13(18)11-15(14)19/h2-6,11,17,20H,7-10H2,1H3. The zero-order chi connectivity index (χ0) is 15.5. The summed E-state index contributed by atoms with van der Waals surface area (Å²) in [5, 5.41) is 3.30. The van der Waals surface area contributed by atoms with E-state index in [9.17, 15) is 8.78 Å². The van der Waals surface area contributed by atoms with Crippen molar-refractivity contribution in [3.8, 4) is 0 Å². The van der Waals surface area contributed by atoms with Crippen LogP contribution in [0.15, 0.2) is 36.5 Å². The van der Waals surface area contributed by atoms with Crippen LogP contribution in [0.4, 0.5) is 8.78 Å². The molecule has 2 aromatic rings. The molecule has 2 heterocycles. The van der Waals surface area contributed by atoms with Crippen molar-refractivity contribution in [2.45, 2.75) is 13.0 Å². The number of halogens is 2. The van der Waals surface area contributed by atoms with Gasteiger partial charge >= 0.3 is 0 Å². The number of hydrogen-bond donors (Lipinski definition) is 1. The summed E-state index contributed by atoms with van der Waals surface area (Å²) in [5.41, 5.74) is 2.31. The molecular weight excluding hydrogens is 284 g/mol. The normalized spacial score (nSPS) is 17.4. The summed E-state index contributed by atoms with van der Waals surface area (Å²) in [6, 6.07) is 7.34. The van der Waals surface area contributed by atoms with Gasteiger partial charge in [0.15, 0.2) is 0 Å². The van der Waals surface area contributed by atoms with E-state index in [-0.39, 0.29) is 6.04 Å². The van der Waals surface area contributed by atoms with Gasteiger partial charge in [0, 0.05) is 44.0 Å². The van der Waals surface area contributed by atoms with E-state index in [1.807, 2.05) is 19.1 Å². The van der Waals surface area contributed by atoms with Crippen LogP contribution < -0.4 is 5.32 Å². The second kappa shape index (κ2) is 6.50. The van der Waals surface area contributed by atoms with Crippen LogP contribution in [0.5, 0.6) is 0 Å². The Balaban J connectivity index is 2.08. The van der Waals surface area contributed by atoms with Gasteiger partial charge in [-0.3, -0.25) is 9.88 Å². The molecular formula is C17H19F2N3. The van der Waals surface area contributed by atoms with E-state index in [1.54, 1.807) is 6.20 Å². The van der Waals surface area contributed by atoms with Crippen molar-refractivity contribution < 1.29 is 8.78 Å². The van der Waals surface area contributed by atoms with Crippen LogP contribution in [0, 0.1) is 18.6 Å². The molecule has 0 radical (unpaired) electrons. The predicted octanol–water partition coefficient (Wildman–Crippen LogP) is 2.66. The van der Waals surface area contributed by atoms with Crippen LogP contribution in [0.2, 0.25) is 0 Å². The van der Waals surface area contributed by atoms with Gasteiger partial charge in [0.05, 0.1) is 11.7 Å². The van der Waals surface area contributed by atoms with Crippen LogP contribution in [0.25, 0.3) is 0 Å². The fourth-order valence-electron chi connectivity index (χ4n) is 2.96. The molecule has 1 unspecified atom stereocenters. The number of rotatable bonds is 3.